The van der Waals surface area contributed by atoms with Gasteiger partial charge in [-0.25, -0.2) is 4.79 Å². The molecule has 0 aromatic carbocycles. The Labute approximate surface area is 160 Å². The summed E-state index contributed by atoms with van der Waals surface area (Å²) in [7, 11) is 0. The Kier molecular flexibility index (Phi) is 6.63. The van der Waals surface area contributed by atoms with Crippen molar-refractivity contribution in [1.82, 2.24) is 4.90 Å². The molecule has 1 aliphatic rings. The predicted octanol–water partition coefficient (Wildman–Crippen LogP) is 3.23. The second-order valence-electron chi connectivity index (χ2n) is 7.75. The molecule has 0 aliphatic carbocycles. The van der Waals surface area contributed by atoms with Crippen LogP contribution >= 0.6 is 0 Å². The first-order chi connectivity index (χ1) is 12.9. The summed E-state index contributed by atoms with van der Waals surface area (Å²) in [6.07, 6.45) is -2.92. The van der Waals surface area contributed by atoms with Gasteiger partial charge in [-0.05, 0) is 39.5 Å². The number of halogens is 3. The molecule has 2 N–H and O–H groups in total. The molecule has 1 atom stereocenters. The minimum Gasteiger partial charge on any atom is -0.486 e. The van der Waals surface area contributed by atoms with Crippen LogP contribution in [0.3, 0.4) is 0 Å². The van der Waals surface area contributed by atoms with Gasteiger partial charge in [0, 0.05) is 19.2 Å². The second-order valence-corrected chi connectivity index (χ2v) is 7.75. The van der Waals surface area contributed by atoms with Crippen molar-refractivity contribution in [2.45, 2.75) is 51.4 Å². The van der Waals surface area contributed by atoms with Crippen molar-refractivity contribution in [3.63, 3.8) is 0 Å². The van der Waals surface area contributed by atoms with Crippen LogP contribution in [0.2, 0.25) is 0 Å². The van der Waals surface area contributed by atoms with Crippen LogP contribution in [0.15, 0.2) is 21.5 Å². The van der Waals surface area contributed by atoms with Gasteiger partial charge < -0.3 is 24.5 Å². The molecule has 1 saturated heterocycles. The van der Waals surface area contributed by atoms with Crippen LogP contribution in [-0.2, 0) is 4.74 Å². The SMILES string of the molecule is CC(C)(C)OC(=O)N1CCC(COc2coc(C(N)C(F)(F)F)cc2=O)CC1. The summed E-state index contributed by atoms with van der Waals surface area (Å²) in [5.41, 5.74) is 3.72. The van der Waals surface area contributed by atoms with Gasteiger partial charge in [-0.3, -0.25) is 4.79 Å². The van der Waals surface area contributed by atoms with Crippen molar-refractivity contribution >= 4 is 6.09 Å². The first kappa shape index (κ1) is 22.1. The highest BCUT2D eigenvalue weighted by atomic mass is 19.4. The zero-order chi connectivity index (χ0) is 21.1. The Morgan fingerprint density at radius 3 is 2.43 bits per heavy atom. The fourth-order valence-corrected chi connectivity index (χ4v) is 2.66. The van der Waals surface area contributed by atoms with E-state index in [4.69, 9.17) is 19.6 Å². The van der Waals surface area contributed by atoms with Crippen molar-refractivity contribution in [3.8, 4) is 5.75 Å². The van der Waals surface area contributed by atoms with Crippen LogP contribution in [0.4, 0.5) is 18.0 Å². The van der Waals surface area contributed by atoms with Crippen LogP contribution in [0.1, 0.15) is 45.4 Å². The molecule has 1 aromatic rings. The Hall–Kier alpha value is -2.23. The molecule has 158 valence electrons. The quantitative estimate of drug-likeness (QED) is 0.825. The lowest BCUT2D eigenvalue weighted by Crippen LogP contribution is -2.42. The van der Waals surface area contributed by atoms with Crippen LogP contribution in [0.25, 0.3) is 0 Å². The molecular weight excluding hydrogens is 381 g/mol. The monoisotopic (exact) mass is 406 g/mol. The maximum Gasteiger partial charge on any atom is 0.410 e. The molecule has 10 heteroatoms. The number of hydrogen-bond acceptors (Lipinski definition) is 6. The smallest absolute Gasteiger partial charge is 0.410 e. The van der Waals surface area contributed by atoms with Gasteiger partial charge in [0.2, 0.25) is 11.2 Å². The van der Waals surface area contributed by atoms with Gasteiger partial charge in [-0.2, -0.15) is 13.2 Å². The third-order valence-corrected chi connectivity index (χ3v) is 4.22. The van der Waals surface area contributed by atoms with Crippen molar-refractivity contribution in [3.05, 3.63) is 28.3 Å². The van der Waals surface area contributed by atoms with E-state index in [9.17, 15) is 22.8 Å². The lowest BCUT2D eigenvalue weighted by molar-refractivity contribution is -0.153. The summed E-state index contributed by atoms with van der Waals surface area (Å²) in [5, 5.41) is 0. The Bertz CT molecular complexity index is 734. The van der Waals surface area contributed by atoms with Crippen LogP contribution in [0.5, 0.6) is 5.75 Å². The second kappa shape index (κ2) is 8.42. The molecule has 1 fully saturated rings. The van der Waals surface area contributed by atoms with E-state index in [0.717, 1.165) is 6.26 Å². The average Bonchev–Trinajstić information content (AvgIpc) is 2.58. The number of ether oxygens (including phenoxy) is 2. The molecule has 1 unspecified atom stereocenters. The van der Waals surface area contributed by atoms with Gasteiger partial charge >= 0.3 is 12.3 Å². The molecule has 2 heterocycles. The number of carbonyl (C=O) groups is 1. The zero-order valence-electron chi connectivity index (χ0n) is 16.0. The first-order valence-electron chi connectivity index (χ1n) is 8.92. The minimum absolute atomic E-state index is 0.0928. The van der Waals surface area contributed by atoms with Crippen LogP contribution < -0.4 is 15.9 Å². The van der Waals surface area contributed by atoms with E-state index in [-0.39, 0.29) is 24.4 Å². The highest BCUT2D eigenvalue weighted by Crippen LogP contribution is 2.30. The van der Waals surface area contributed by atoms with Gasteiger partial charge in [0.15, 0.2) is 6.04 Å². The number of likely N-dealkylation sites (tertiary alicyclic amines) is 1. The molecular formula is C18H25F3N2O5. The summed E-state index contributed by atoms with van der Waals surface area (Å²) >= 11 is 0. The van der Waals surface area contributed by atoms with Gasteiger partial charge in [0.25, 0.3) is 0 Å². The number of amides is 1. The molecule has 1 aromatic heterocycles. The van der Waals surface area contributed by atoms with E-state index in [1.165, 1.54) is 0 Å². The number of piperidine rings is 1. The summed E-state index contributed by atoms with van der Waals surface area (Å²) in [5.74, 6) is -0.751. The highest BCUT2D eigenvalue weighted by molar-refractivity contribution is 5.68. The zero-order valence-corrected chi connectivity index (χ0v) is 16.0. The molecule has 0 bridgehead atoms. The molecule has 1 aliphatic heterocycles. The maximum atomic E-state index is 12.6. The Morgan fingerprint density at radius 1 is 1.32 bits per heavy atom. The molecule has 0 spiro atoms. The minimum atomic E-state index is -4.71. The topological polar surface area (TPSA) is 95.0 Å². The number of nitrogens with two attached hydrogens (primary N) is 1. The van der Waals surface area contributed by atoms with Crippen molar-refractivity contribution in [2.24, 2.45) is 11.7 Å². The predicted molar refractivity (Wildman–Crippen MR) is 94.0 cm³/mol. The molecule has 0 radical (unpaired) electrons. The molecule has 0 saturated carbocycles. The fourth-order valence-electron chi connectivity index (χ4n) is 2.66. The molecule has 1 amide bonds. The average molecular weight is 406 g/mol. The number of carbonyl (C=O) groups excluding carboxylic acids is 1. The van der Waals surface area contributed by atoms with E-state index in [1.807, 2.05) is 0 Å². The van der Waals surface area contributed by atoms with Gasteiger partial charge in [-0.15, -0.1) is 0 Å². The molecule has 28 heavy (non-hydrogen) atoms. The van der Waals surface area contributed by atoms with Crippen molar-refractivity contribution in [1.29, 1.82) is 0 Å². The van der Waals surface area contributed by atoms with Crippen LogP contribution in [-0.4, -0.2) is 42.5 Å². The summed E-state index contributed by atoms with van der Waals surface area (Å²) in [6, 6.07) is -1.68. The Balaban J connectivity index is 1.86. The summed E-state index contributed by atoms with van der Waals surface area (Å²) in [4.78, 5) is 25.6. The van der Waals surface area contributed by atoms with Gasteiger partial charge in [-0.1, -0.05) is 0 Å². The number of alkyl halides is 3. The highest BCUT2D eigenvalue weighted by Gasteiger charge is 2.40. The standard InChI is InChI=1S/C18H25F3N2O5/c1-17(2,3)28-16(25)23-6-4-11(5-7-23)9-26-14-10-27-13(8-12(14)24)15(22)18(19,20)21/h8,10-11,15H,4-7,9,22H2,1-3H3. The largest absolute Gasteiger partial charge is 0.486 e. The number of rotatable bonds is 4. The fraction of sp³-hybridized carbons (Fsp3) is 0.667. The van der Waals surface area contributed by atoms with E-state index in [0.29, 0.717) is 32.0 Å². The summed E-state index contributed by atoms with van der Waals surface area (Å²) < 4.78 is 53.3. The first-order valence-corrected chi connectivity index (χ1v) is 8.92. The van der Waals surface area contributed by atoms with Crippen LogP contribution in [0, 0.1) is 5.92 Å². The van der Waals surface area contributed by atoms with E-state index >= 15 is 0 Å². The summed E-state index contributed by atoms with van der Waals surface area (Å²) in [6.45, 7) is 6.57. The van der Waals surface area contributed by atoms with E-state index in [1.54, 1.807) is 25.7 Å². The molecule has 2 rings (SSSR count). The van der Waals surface area contributed by atoms with Gasteiger partial charge in [0.1, 0.15) is 17.6 Å². The normalized spacial score (nSPS) is 17.3. The lowest BCUT2D eigenvalue weighted by atomic mass is 9.98. The maximum absolute atomic E-state index is 12.6. The lowest BCUT2D eigenvalue weighted by Gasteiger charge is -2.33. The number of nitrogens with zero attached hydrogens (tertiary/aromatic N) is 1. The molecule has 7 nitrogen and oxygen atoms in total. The third kappa shape index (κ3) is 6.15. The van der Waals surface area contributed by atoms with Crippen molar-refractivity contribution in [2.75, 3.05) is 19.7 Å². The van der Waals surface area contributed by atoms with Crippen molar-refractivity contribution < 1.29 is 31.9 Å². The number of hydrogen-bond donors (Lipinski definition) is 1. The van der Waals surface area contributed by atoms with Gasteiger partial charge in [0.05, 0.1) is 6.61 Å². The van der Waals surface area contributed by atoms with E-state index in [2.05, 4.69) is 0 Å². The Morgan fingerprint density at radius 2 is 1.93 bits per heavy atom. The van der Waals surface area contributed by atoms with E-state index < -0.39 is 29.0 Å². The third-order valence-electron chi connectivity index (χ3n) is 4.22.